The largest absolute Gasteiger partial charge is 0.500 e. The van der Waals surface area contributed by atoms with Crippen LogP contribution in [0.1, 0.15) is 11.1 Å². The van der Waals surface area contributed by atoms with Crippen LogP contribution in [0, 0.1) is 0 Å². The molecule has 17 heavy (non-hydrogen) atoms. The van der Waals surface area contributed by atoms with Gasteiger partial charge >= 0.3 is 8.80 Å². The van der Waals surface area contributed by atoms with Gasteiger partial charge in [-0.05, 0) is 17.5 Å². The number of hydrogen-bond acceptors (Lipinski definition) is 4. The fourth-order valence-electron chi connectivity index (χ4n) is 1.77. The SMILES string of the molecule is CO[Si](CCc1cccc(CN)c1)(OC)OC. The molecule has 0 heterocycles. The first kappa shape index (κ1) is 14.3. The summed E-state index contributed by atoms with van der Waals surface area (Å²) < 4.78 is 16.2. The zero-order valence-corrected chi connectivity index (χ0v) is 11.7. The molecular weight excluding hydrogens is 234 g/mol. The molecule has 5 heteroatoms. The van der Waals surface area contributed by atoms with E-state index in [-0.39, 0.29) is 0 Å². The number of rotatable bonds is 7. The van der Waals surface area contributed by atoms with E-state index in [1.165, 1.54) is 5.56 Å². The van der Waals surface area contributed by atoms with Gasteiger partial charge in [-0.2, -0.15) is 0 Å². The van der Waals surface area contributed by atoms with E-state index in [0.717, 1.165) is 18.0 Å². The third-order valence-corrected chi connectivity index (χ3v) is 5.61. The molecule has 0 aliphatic heterocycles. The lowest BCUT2D eigenvalue weighted by atomic mass is 10.1. The van der Waals surface area contributed by atoms with Gasteiger partial charge in [-0.1, -0.05) is 24.3 Å². The number of hydrogen-bond donors (Lipinski definition) is 1. The van der Waals surface area contributed by atoms with E-state index >= 15 is 0 Å². The monoisotopic (exact) mass is 255 g/mol. The quantitative estimate of drug-likeness (QED) is 0.751. The smallest absolute Gasteiger partial charge is 0.377 e. The molecule has 4 nitrogen and oxygen atoms in total. The van der Waals surface area contributed by atoms with E-state index in [2.05, 4.69) is 12.1 Å². The van der Waals surface area contributed by atoms with Gasteiger partial charge in [0.15, 0.2) is 0 Å². The molecular formula is C12H21NO3Si. The van der Waals surface area contributed by atoms with Crippen molar-refractivity contribution in [2.24, 2.45) is 5.73 Å². The van der Waals surface area contributed by atoms with E-state index in [9.17, 15) is 0 Å². The first-order valence-corrected chi connectivity index (χ1v) is 7.56. The predicted octanol–water partition coefficient (Wildman–Crippen LogP) is 1.57. The molecule has 96 valence electrons. The van der Waals surface area contributed by atoms with E-state index in [0.29, 0.717) is 6.54 Å². The molecule has 0 bridgehead atoms. The molecule has 0 aliphatic carbocycles. The maximum absolute atomic E-state index is 5.61. The lowest BCUT2D eigenvalue weighted by molar-refractivity contribution is 0.123. The van der Waals surface area contributed by atoms with Gasteiger partial charge in [0.25, 0.3) is 0 Å². The van der Waals surface area contributed by atoms with Gasteiger partial charge in [0.05, 0.1) is 0 Å². The van der Waals surface area contributed by atoms with Crippen LogP contribution < -0.4 is 5.73 Å². The molecule has 0 radical (unpaired) electrons. The summed E-state index contributed by atoms with van der Waals surface area (Å²) in [4.78, 5) is 0. The van der Waals surface area contributed by atoms with Crippen LogP contribution in [-0.4, -0.2) is 30.1 Å². The standard InChI is InChI=1S/C12H21NO3Si/c1-14-17(15-2,16-3)8-7-11-5-4-6-12(9-11)10-13/h4-6,9H,7-8,10,13H2,1-3H3. The van der Waals surface area contributed by atoms with Crippen LogP contribution in [-0.2, 0) is 26.2 Å². The second-order valence-electron chi connectivity index (χ2n) is 3.82. The minimum atomic E-state index is -2.46. The third kappa shape index (κ3) is 3.90. The van der Waals surface area contributed by atoms with Crippen LogP contribution in [0.2, 0.25) is 6.04 Å². The van der Waals surface area contributed by atoms with Crippen molar-refractivity contribution in [2.45, 2.75) is 19.0 Å². The van der Waals surface area contributed by atoms with E-state index in [1.54, 1.807) is 21.3 Å². The highest BCUT2D eigenvalue weighted by molar-refractivity contribution is 6.60. The number of benzene rings is 1. The summed E-state index contributed by atoms with van der Waals surface area (Å²) in [6.45, 7) is 0.565. The minimum Gasteiger partial charge on any atom is -0.377 e. The van der Waals surface area contributed by atoms with Gasteiger partial charge < -0.3 is 19.0 Å². The summed E-state index contributed by atoms with van der Waals surface area (Å²) in [5, 5.41) is 0. The van der Waals surface area contributed by atoms with Crippen molar-refractivity contribution >= 4 is 8.80 Å². The molecule has 0 fully saturated rings. The Hall–Kier alpha value is -0.723. The predicted molar refractivity (Wildman–Crippen MR) is 69.6 cm³/mol. The Kier molecular flexibility index (Phi) is 5.80. The molecule has 1 aromatic carbocycles. The Balaban J connectivity index is 2.65. The summed E-state index contributed by atoms with van der Waals surface area (Å²) in [6.07, 6.45) is 0.871. The topological polar surface area (TPSA) is 53.7 Å². The molecule has 0 saturated heterocycles. The highest BCUT2D eigenvalue weighted by Crippen LogP contribution is 2.17. The van der Waals surface area contributed by atoms with Crippen LogP contribution in [0.5, 0.6) is 0 Å². The van der Waals surface area contributed by atoms with Gasteiger partial charge in [-0.3, -0.25) is 0 Å². The van der Waals surface area contributed by atoms with E-state index in [1.807, 2.05) is 12.1 Å². The molecule has 1 aromatic rings. The van der Waals surface area contributed by atoms with Crippen molar-refractivity contribution in [1.82, 2.24) is 0 Å². The molecule has 0 aliphatic rings. The average molecular weight is 255 g/mol. The first-order valence-electron chi connectivity index (χ1n) is 5.63. The number of nitrogens with two attached hydrogens (primary N) is 1. The van der Waals surface area contributed by atoms with Crippen LogP contribution in [0.3, 0.4) is 0 Å². The van der Waals surface area contributed by atoms with Gasteiger partial charge in [0, 0.05) is 33.9 Å². The fourth-order valence-corrected chi connectivity index (χ4v) is 3.47. The van der Waals surface area contributed by atoms with Gasteiger partial charge in [0.1, 0.15) is 0 Å². The summed E-state index contributed by atoms with van der Waals surface area (Å²) in [5.41, 5.74) is 7.99. The molecule has 0 atom stereocenters. The van der Waals surface area contributed by atoms with Crippen LogP contribution in [0.15, 0.2) is 24.3 Å². The van der Waals surface area contributed by atoms with Crippen LogP contribution in [0.25, 0.3) is 0 Å². The molecule has 0 spiro atoms. The summed E-state index contributed by atoms with van der Waals surface area (Å²) in [5.74, 6) is 0. The molecule has 2 N–H and O–H groups in total. The maximum atomic E-state index is 5.61. The maximum Gasteiger partial charge on any atom is 0.500 e. The summed E-state index contributed by atoms with van der Waals surface area (Å²) >= 11 is 0. The normalized spacial score (nSPS) is 11.8. The first-order chi connectivity index (χ1) is 8.19. The van der Waals surface area contributed by atoms with E-state index in [4.69, 9.17) is 19.0 Å². The van der Waals surface area contributed by atoms with Crippen LogP contribution >= 0.6 is 0 Å². The summed E-state index contributed by atoms with van der Waals surface area (Å²) in [6, 6.07) is 9.01. The third-order valence-electron chi connectivity index (χ3n) is 2.88. The molecule has 0 saturated carbocycles. The Bertz CT molecular complexity index is 334. The van der Waals surface area contributed by atoms with Gasteiger partial charge in [-0.15, -0.1) is 0 Å². The van der Waals surface area contributed by atoms with Crippen molar-refractivity contribution < 1.29 is 13.3 Å². The average Bonchev–Trinajstić information content (AvgIpc) is 2.41. The van der Waals surface area contributed by atoms with Crippen molar-refractivity contribution in [2.75, 3.05) is 21.3 Å². The lowest BCUT2D eigenvalue weighted by Gasteiger charge is -2.24. The van der Waals surface area contributed by atoms with Crippen LogP contribution in [0.4, 0.5) is 0 Å². The fraction of sp³-hybridized carbons (Fsp3) is 0.500. The van der Waals surface area contributed by atoms with Crippen molar-refractivity contribution in [3.05, 3.63) is 35.4 Å². The molecule has 1 rings (SSSR count). The van der Waals surface area contributed by atoms with Crippen molar-refractivity contribution in [1.29, 1.82) is 0 Å². The zero-order chi connectivity index (χ0) is 12.7. The zero-order valence-electron chi connectivity index (χ0n) is 10.7. The Labute approximate surface area is 104 Å². The van der Waals surface area contributed by atoms with E-state index < -0.39 is 8.80 Å². The Morgan fingerprint density at radius 3 is 2.18 bits per heavy atom. The highest BCUT2D eigenvalue weighted by atomic mass is 28.4. The second kappa shape index (κ2) is 6.88. The van der Waals surface area contributed by atoms with Gasteiger partial charge in [0.2, 0.25) is 0 Å². The number of aryl methyl sites for hydroxylation is 1. The Morgan fingerprint density at radius 1 is 1.06 bits per heavy atom. The second-order valence-corrected chi connectivity index (χ2v) is 6.91. The molecule has 0 amide bonds. The molecule has 0 aromatic heterocycles. The molecule has 0 unspecified atom stereocenters. The van der Waals surface area contributed by atoms with Crippen molar-refractivity contribution in [3.8, 4) is 0 Å². The minimum absolute atomic E-state index is 0.565. The highest BCUT2D eigenvalue weighted by Gasteiger charge is 2.37. The van der Waals surface area contributed by atoms with Gasteiger partial charge in [-0.25, -0.2) is 0 Å². The lowest BCUT2D eigenvalue weighted by Crippen LogP contribution is -2.43. The van der Waals surface area contributed by atoms with Crippen molar-refractivity contribution in [3.63, 3.8) is 0 Å². The summed E-state index contributed by atoms with van der Waals surface area (Å²) in [7, 11) is 2.44. The Morgan fingerprint density at radius 2 is 1.65 bits per heavy atom.